The Kier molecular flexibility index (Phi) is 4.87. The Balaban J connectivity index is 2.32. The number of para-hydroxylation sites is 1. The van der Waals surface area contributed by atoms with Crippen molar-refractivity contribution in [2.75, 3.05) is 31.1 Å². The Bertz CT molecular complexity index is 422. The van der Waals surface area contributed by atoms with Crippen molar-refractivity contribution < 1.29 is 5.11 Å². The second-order valence-electron chi connectivity index (χ2n) is 6.04. The summed E-state index contributed by atoms with van der Waals surface area (Å²) < 4.78 is 1.12. The molecule has 106 valence electrons. The number of nitrogens with zero attached hydrogens (tertiary/aromatic N) is 1. The topological polar surface area (TPSA) is 35.5 Å². The van der Waals surface area contributed by atoms with E-state index >= 15 is 0 Å². The number of rotatable bonds is 3. The van der Waals surface area contributed by atoms with Gasteiger partial charge >= 0.3 is 0 Å². The van der Waals surface area contributed by atoms with Crippen molar-refractivity contribution in [3.05, 3.63) is 28.7 Å². The van der Waals surface area contributed by atoms with Gasteiger partial charge < -0.3 is 15.3 Å². The van der Waals surface area contributed by atoms with Gasteiger partial charge in [-0.05, 0) is 39.9 Å². The Morgan fingerprint density at radius 2 is 2.16 bits per heavy atom. The molecule has 2 N–H and O–H groups in total. The first-order valence-corrected chi connectivity index (χ1v) is 7.65. The first-order chi connectivity index (χ1) is 9.03. The van der Waals surface area contributed by atoms with Crippen LogP contribution in [-0.2, 0) is 0 Å². The number of anilines is 1. The molecule has 0 saturated carbocycles. The van der Waals surface area contributed by atoms with Gasteiger partial charge in [-0.25, -0.2) is 0 Å². The summed E-state index contributed by atoms with van der Waals surface area (Å²) in [5, 5.41) is 12.8. The summed E-state index contributed by atoms with van der Waals surface area (Å²) in [6, 6.07) is 8.68. The Morgan fingerprint density at radius 1 is 1.42 bits per heavy atom. The lowest BCUT2D eigenvalue weighted by Crippen LogP contribution is -2.42. The fourth-order valence-corrected chi connectivity index (χ4v) is 3.22. The number of hydrogen-bond donors (Lipinski definition) is 2. The Labute approximate surface area is 124 Å². The van der Waals surface area contributed by atoms with Crippen LogP contribution in [0.4, 0.5) is 5.69 Å². The number of hydrogen-bond acceptors (Lipinski definition) is 3. The van der Waals surface area contributed by atoms with Crippen LogP contribution in [0.5, 0.6) is 0 Å². The molecule has 1 saturated heterocycles. The molecule has 0 aliphatic carbocycles. The fourth-order valence-electron chi connectivity index (χ4n) is 2.71. The molecule has 3 nitrogen and oxygen atoms in total. The van der Waals surface area contributed by atoms with Crippen molar-refractivity contribution in [3.63, 3.8) is 0 Å². The molecule has 1 atom stereocenters. The van der Waals surface area contributed by atoms with Crippen LogP contribution in [0, 0.1) is 5.41 Å². The summed E-state index contributed by atoms with van der Waals surface area (Å²) in [6.45, 7) is 7.72. The highest BCUT2D eigenvalue weighted by Gasteiger charge is 2.30. The van der Waals surface area contributed by atoms with Crippen LogP contribution in [-0.4, -0.2) is 37.4 Å². The highest BCUT2D eigenvalue weighted by molar-refractivity contribution is 9.10. The van der Waals surface area contributed by atoms with E-state index in [4.69, 9.17) is 0 Å². The number of benzene rings is 1. The third-order valence-corrected chi connectivity index (χ3v) is 4.32. The molecule has 0 aromatic heterocycles. The zero-order valence-corrected chi connectivity index (χ0v) is 13.3. The lowest BCUT2D eigenvalue weighted by Gasteiger charge is -2.36. The second kappa shape index (κ2) is 6.25. The number of aliphatic hydroxyl groups excluding tert-OH is 1. The van der Waals surface area contributed by atoms with Crippen LogP contribution < -0.4 is 10.2 Å². The molecule has 0 spiro atoms. The summed E-state index contributed by atoms with van der Waals surface area (Å²) in [4.78, 5) is 2.43. The van der Waals surface area contributed by atoms with Gasteiger partial charge in [-0.2, -0.15) is 0 Å². The minimum absolute atomic E-state index is 0.222. The van der Waals surface area contributed by atoms with Gasteiger partial charge in [-0.3, -0.25) is 0 Å². The Morgan fingerprint density at radius 3 is 2.84 bits per heavy atom. The summed E-state index contributed by atoms with van der Waals surface area (Å²) in [5.74, 6) is 0. The molecule has 19 heavy (non-hydrogen) atoms. The zero-order chi connectivity index (χ0) is 13.9. The van der Waals surface area contributed by atoms with Gasteiger partial charge in [0.05, 0.1) is 5.69 Å². The van der Waals surface area contributed by atoms with Crippen LogP contribution >= 0.6 is 15.9 Å². The molecule has 1 aromatic rings. The van der Waals surface area contributed by atoms with Crippen molar-refractivity contribution in [2.24, 2.45) is 5.41 Å². The van der Waals surface area contributed by atoms with Crippen LogP contribution in [0.25, 0.3) is 0 Å². The molecule has 1 aliphatic heterocycles. The lowest BCUT2D eigenvalue weighted by molar-refractivity contribution is 0.272. The fraction of sp³-hybridized carbons (Fsp3) is 0.600. The van der Waals surface area contributed by atoms with Gasteiger partial charge in [-0.15, -0.1) is 0 Å². The van der Waals surface area contributed by atoms with Gasteiger partial charge in [0.15, 0.2) is 0 Å². The second-order valence-corrected chi connectivity index (χ2v) is 6.89. The molecular formula is C15H23BrN2O. The van der Waals surface area contributed by atoms with Gasteiger partial charge in [0.1, 0.15) is 0 Å². The monoisotopic (exact) mass is 326 g/mol. The van der Waals surface area contributed by atoms with Crippen LogP contribution in [0.3, 0.4) is 0 Å². The lowest BCUT2D eigenvalue weighted by atomic mass is 9.92. The highest BCUT2D eigenvalue weighted by Crippen LogP contribution is 2.32. The van der Waals surface area contributed by atoms with Crippen molar-refractivity contribution >= 4 is 21.6 Å². The third kappa shape index (κ3) is 3.71. The number of aliphatic hydroxyl groups is 1. The van der Waals surface area contributed by atoms with Crippen LogP contribution in [0.1, 0.15) is 20.3 Å². The Hall–Kier alpha value is -0.580. The first kappa shape index (κ1) is 14.8. The van der Waals surface area contributed by atoms with E-state index in [0.29, 0.717) is 6.04 Å². The highest BCUT2D eigenvalue weighted by atomic mass is 79.9. The average molecular weight is 327 g/mol. The maximum atomic E-state index is 9.31. The molecule has 2 rings (SSSR count). The quantitative estimate of drug-likeness (QED) is 0.896. The minimum Gasteiger partial charge on any atom is -0.396 e. The van der Waals surface area contributed by atoms with Crippen LogP contribution in [0.2, 0.25) is 0 Å². The summed E-state index contributed by atoms with van der Waals surface area (Å²) in [7, 11) is 0. The maximum absolute atomic E-state index is 9.31. The van der Waals surface area contributed by atoms with E-state index in [2.05, 4.69) is 58.2 Å². The van der Waals surface area contributed by atoms with Crippen molar-refractivity contribution in [1.29, 1.82) is 0 Å². The van der Waals surface area contributed by atoms with Crippen LogP contribution in [0.15, 0.2) is 28.7 Å². The van der Waals surface area contributed by atoms with E-state index in [1.165, 1.54) is 5.69 Å². The largest absolute Gasteiger partial charge is 0.396 e. The van der Waals surface area contributed by atoms with Gasteiger partial charge in [-0.1, -0.05) is 26.0 Å². The third-order valence-electron chi connectivity index (χ3n) is 3.65. The summed E-state index contributed by atoms with van der Waals surface area (Å²) in [5.41, 5.74) is 1.44. The molecule has 4 heteroatoms. The smallest absolute Gasteiger partial charge is 0.0513 e. The van der Waals surface area contributed by atoms with E-state index < -0.39 is 0 Å². The standard InChI is InChI=1S/C15H23BrN2O/c1-15(2)10-17-9-12(7-8-19)18(11-15)14-6-4-3-5-13(14)16/h3-6,12,17,19H,7-11H2,1-2H3. The molecule has 1 fully saturated rings. The van der Waals surface area contributed by atoms with Crippen molar-refractivity contribution in [3.8, 4) is 0 Å². The van der Waals surface area contributed by atoms with E-state index in [0.717, 1.165) is 30.5 Å². The summed E-state index contributed by atoms with van der Waals surface area (Å²) >= 11 is 3.65. The minimum atomic E-state index is 0.222. The van der Waals surface area contributed by atoms with E-state index in [9.17, 15) is 5.11 Å². The van der Waals surface area contributed by atoms with Gasteiger partial charge in [0.25, 0.3) is 0 Å². The summed E-state index contributed by atoms with van der Waals surface area (Å²) in [6.07, 6.45) is 0.796. The molecule has 1 aromatic carbocycles. The number of halogens is 1. The molecule has 1 unspecified atom stereocenters. The van der Waals surface area contributed by atoms with Gasteiger partial charge in [0.2, 0.25) is 0 Å². The van der Waals surface area contributed by atoms with E-state index in [1.54, 1.807) is 0 Å². The predicted molar refractivity (Wildman–Crippen MR) is 83.6 cm³/mol. The predicted octanol–water partition coefficient (Wildman–Crippen LogP) is 2.64. The number of nitrogens with one attached hydrogen (secondary N) is 1. The maximum Gasteiger partial charge on any atom is 0.0513 e. The molecular weight excluding hydrogens is 304 g/mol. The average Bonchev–Trinajstić information content (AvgIpc) is 2.49. The van der Waals surface area contributed by atoms with E-state index in [-0.39, 0.29) is 12.0 Å². The molecule has 1 aliphatic rings. The van der Waals surface area contributed by atoms with Crippen molar-refractivity contribution in [2.45, 2.75) is 26.3 Å². The zero-order valence-electron chi connectivity index (χ0n) is 11.7. The molecule has 0 bridgehead atoms. The SMILES string of the molecule is CC1(C)CNCC(CCO)N(c2ccccc2Br)C1. The first-order valence-electron chi connectivity index (χ1n) is 6.86. The normalized spacial score (nSPS) is 23.2. The van der Waals surface area contributed by atoms with E-state index in [1.807, 2.05) is 6.07 Å². The van der Waals surface area contributed by atoms with Crippen molar-refractivity contribution in [1.82, 2.24) is 5.32 Å². The molecule has 0 radical (unpaired) electrons. The molecule has 0 amide bonds. The van der Waals surface area contributed by atoms with Gasteiger partial charge in [0, 0.05) is 36.8 Å². The molecule has 1 heterocycles.